The number of benzene rings is 1. The minimum absolute atomic E-state index is 0.263. The quantitative estimate of drug-likeness (QED) is 0.484. The molecular weight excluding hydrogens is 443 g/mol. The van der Waals surface area contributed by atoms with Gasteiger partial charge in [-0.15, -0.1) is 0 Å². The standard InChI is InChI=1S/C13H16BrIO5/c1-17-8(16)6-5-7-9(14)11(18-2)13(20-4)12(19-3)10(7)15/h5-6H2,1-4H3. The predicted octanol–water partition coefficient (Wildman–Crippen LogP) is 3.19. The Morgan fingerprint density at radius 3 is 2.05 bits per heavy atom. The van der Waals surface area contributed by atoms with Crippen LogP contribution < -0.4 is 14.2 Å². The minimum atomic E-state index is -0.263. The third-order valence-electron chi connectivity index (χ3n) is 2.76. The smallest absolute Gasteiger partial charge is 0.305 e. The van der Waals surface area contributed by atoms with E-state index >= 15 is 0 Å². The lowest BCUT2D eigenvalue weighted by Crippen LogP contribution is -2.06. The van der Waals surface area contributed by atoms with Gasteiger partial charge in [0.2, 0.25) is 5.75 Å². The number of ether oxygens (including phenoxy) is 4. The van der Waals surface area contributed by atoms with Gasteiger partial charge in [0, 0.05) is 6.42 Å². The lowest BCUT2D eigenvalue weighted by molar-refractivity contribution is -0.140. The van der Waals surface area contributed by atoms with Crippen molar-refractivity contribution in [2.75, 3.05) is 28.4 Å². The molecule has 1 rings (SSSR count). The fourth-order valence-corrected chi connectivity index (χ4v) is 3.89. The molecule has 0 saturated carbocycles. The SMILES string of the molecule is COC(=O)CCc1c(Br)c(OC)c(OC)c(OC)c1I. The molecule has 1 aromatic rings. The Hall–Kier alpha value is -0.700. The van der Waals surface area contributed by atoms with Crippen LogP contribution in [0.25, 0.3) is 0 Å². The minimum Gasteiger partial charge on any atom is -0.492 e. The molecule has 0 amide bonds. The van der Waals surface area contributed by atoms with E-state index in [9.17, 15) is 4.79 Å². The van der Waals surface area contributed by atoms with E-state index < -0.39 is 0 Å². The Balaban J connectivity index is 3.33. The number of hydrogen-bond acceptors (Lipinski definition) is 5. The van der Waals surface area contributed by atoms with Crippen LogP contribution in [0.2, 0.25) is 0 Å². The van der Waals surface area contributed by atoms with Crippen molar-refractivity contribution in [1.29, 1.82) is 0 Å². The van der Waals surface area contributed by atoms with Gasteiger partial charge in [-0.25, -0.2) is 0 Å². The molecular formula is C13H16BrIO5. The first-order valence-corrected chi connectivity index (χ1v) is 7.61. The first kappa shape index (κ1) is 17.4. The van der Waals surface area contributed by atoms with Gasteiger partial charge < -0.3 is 18.9 Å². The van der Waals surface area contributed by atoms with Crippen LogP contribution in [0.15, 0.2) is 4.47 Å². The summed E-state index contributed by atoms with van der Waals surface area (Å²) in [5.41, 5.74) is 0.922. The number of carbonyl (C=O) groups is 1. The Labute approximate surface area is 140 Å². The van der Waals surface area contributed by atoms with Gasteiger partial charge in [0.1, 0.15) is 0 Å². The molecule has 0 radical (unpaired) electrons. The van der Waals surface area contributed by atoms with Gasteiger partial charge in [0.15, 0.2) is 11.5 Å². The fourth-order valence-electron chi connectivity index (χ4n) is 1.77. The van der Waals surface area contributed by atoms with Crippen LogP contribution in [-0.2, 0) is 16.0 Å². The summed E-state index contributed by atoms with van der Waals surface area (Å²) in [5.74, 6) is 1.40. The molecule has 0 unspecified atom stereocenters. The van der Waals surface area contributed by atoms with Crippen molar-refractivity contribution >= 4 is 44.5 Å². The summed E-state index contributed by atoms with van der Waals surface area (Å²) < 4.78 is 22.4. The summed E-state index contributed by atoms with van der Waals surface area (Å²) in [4.78, 5) is 11.3. The molecule has 0 bridgehead atoms. The lowest BCUT2D eigenvalue weighted by atomic mass is 10.1. The van der Waals surface area contributed by atoms with Gasteiger partial charge in [-0.2, -0.15) is 0 Å². The highest BCUT2D eigenvalue weighted by Crippen LogP contribution is 2.48. The molecule has 112 valence electrons. The molecule has 0 fully saturated rings. The predicted molar refractivity (Wildman–Crippen MR) is 86.9 cm³/mol. The van der Waals surface area contributed by atoms with Crippen molar-refractivity contribution in [2.24, 2.45) is 0 Å². The summed E-state index contributed by atoms with van der Waals surface area (Å²) in [5, 5.41) is 0. The molecule has 0 N–H and O–H groups in total. The van der Waals surface area contributed by atoms with Crippen molar-refractivity contribution in [3.8, 4) is 17.2 Å². The van der Waals surface area contributed by atoms with Crippen LogP contribution in [0, 0.1) is 3.57 Å². The third kappa shape index (κ3) is 3.49. The molecule has 0 aromatic heterocycles. The van der Waals surface area contributed by atoms with E-state index in [1.54, 1.807) is 21.3 Å². The number of esters is 1. The van der Waals surface area contributed by atoms with Crippen molar-refractivity contribution in [2.45, 2.75) is 12.8 Å². The van der Waals surface area contributed by atoms with Crippen LogP contribution in [0.3, 0.4) is 0 Å². The molecule has 0 atom stereocenters. The number of carbonyl (C=O) groups excluding carboxylic acids is 1. The average Bonchev–Trinajstić information content (AvgIpc) is 2.46. The molecule has 20 heavy (non-hydrogen) atoms. The van der Waals surface area contributed by atoms with Gasteiger partial charge in [-0.1, -0.05) is 0 Å². The van der Waals surface area contributed by atoms with Crippen LogP contribution in [0.5, 0.6) is 17.2 Å². The van der Waals surface area contributed by atoms with Crippen molar-refractivity contribution in [1.82, 2.24) is 0 Å². The van der Waals surface area contributed by atoms with E-state index in [1.807, 2.05) is 0 Å². The van der Waals surface area contributed by atoms with Gasteiger partial charge >= 0.3 is 5.97 Å². The second-order valence-electron chi connectivity index (χ2n) is 3.78. The van der Waals surface area contributed by atoms with Gasteiger partial charge in [0.05, 0.1) is 36.5 Å². The first-order valence-electron chi connectivity index (χ1n) is 5.74. The molecule has 7 heteroatoms. The Bertz CT molecular complexity index is 473. The van der Waals surface area contributed by atoms with Crippen molar-refractivity contribution in [3.63, 3.8) is 0 Å². The van der Waals surface area contributed by atoms with Crippen LogP contribution in [0.1, 0.15) is 12.0 Å². The fraction of sp³-hybridized carbons (Fsp3) is 0.462. The average molecular weight is 459 g/mol. The maximum absolute atomic E-state index is 11.3. The first-order chi connectivity index (χ1) is 9.51. The van der Waals surface area contributed by atoms with E-state index in [2.05, 4.69) is 43.3 Å². The maximum Gasteiger partial charge on any atom is 0.305 e. The monoisotopic (exact) mass is 458 g/mol. The van der Waals surface area contributed by atoms with Gasteiger partial charge in [-0.05, 0) is 50.5 Å². The van der Waals surface area contributed by atoms with E-state index in [1.165, 1.54) is 7.11 Å². The van der Waals surface area contributed by atoms with Gasteiger partial charge in [-0.3, -0.25) is 4.79 Å². The summed E-state index contributed by atoms with van der Waals surface area (Å²) in [6, 6.07) is 0. The number of halogens is 2. The van der Waals surface area contributed by atoms with Crippen molar-refractivity contribution in [3.05, 3.63) is 13.6 Å². The Morgan fingerprint density at radius 2 is 1.60 bits per heavy atom. The molecule has 5 nitrogen and oxygen atoms in total. The Morgan fingerprint density at radius 1 is 1.05 bits per heavy atom. The highest BCUT2D eigenvalue weighted by molar-refractivity contribution is 14.1. The zero-order valence-corrected chi connectivity index (χ0v) is 15.5. The molecule has 1 aromatic carbocycles. The van der Waals surface area contributed by atoms with E-state index in [0.29, 0.717) is 23.7 Å². The second kappa shape index (κ2) is 7.92. The largest absolute Gasteiger partial charge is 0.492 e. The number of hydrogen-bond donors (Lipinski definition) is 0. The maximum atomic E-state index is 11.3. The topological polar surface area (TPSA) is 54.0 Å². The third-order valence-corrected chi connectivity index (χ3v) is 4.74. The van der Waals surface area contributed by atoms with E-state index in [0.717, 1.165) is 13.6 Å². The highest BCUT2D eigenvalue weighted by Gasteiger charge is 2.24. The molecule has 0 aliphatic carbocycles. The molecule has 0 aliphatic heterocycles. The molecule has 0 saturated heterocycles. The summed E-state index contributed by atoms with van der Waals surface area (Å²) in [7, 11) is 6.05. The normalized spacial score (nSPS) is 10.1. The molecule has 0 aliphatic rings. The number of methoxy groups -OCH3 is 4. The zero-order chi connectivity index (χ0) is 15.3. The molecule has 0 spiro atoms. The Kier molecular flexibility index (Phi) is 6.87. The van der Waals surface area contributed by atoms with Crippen molar-refractivity contribution < 1.29 is 23.7 Å². The summed E-state index contributed by atoms with van der Waals surface area (Å²) in [6.45, 7) is 0. The van der Waals surface area contributed by atoms with Crippen LogP contribution in [-0.4, -0.2) is 34.4 Å². The second-order valence-corrected chi connectivity index (χ2v) is 5.65. The van der Waals surface area contributed by atoms with Gasteiger partial charge in [0.25, 0.3) is 0 Å². The summed E-state index contributed by atoms with van der Waals surface area (Å²) in [6.07, 6.45) is 0.798. The number of rotatable bonds is 6. The zero-order valence-electron chi connectivity index (χ0n) is 11.7. The van der Waals surface area contributed by atoms with Crippen LogP contribution in [0.4, 0.5) is 0 Å². The van der Waals surface area contributed by atoms with E-state index in [4.69, 9.17) is 14.2 Å². The molecule has 0 heterocycles. The van der Waals surface area contributed by atoms with Crippen LogP contribution >= 0.6 is 38.5 Å². The highest BCUT2D eigenvalue weighted by atomic mass is 127. The van der Waals surface area contributed by atoms with E-state index in [-0.39, 0.29) is 12.4 Å². The summed E-state index contributed by atoms with van der Waals surface area (Å²) >= 11 is 5.67. The lowest BCUT2D eigenvalue weighted by Gasteiger charge is -2.19.